The second-order valence-corrected chi connectivity index (χ2v) is 19.3. The Labute approximate surface area is 394 Å². The van der Waals surface area contributed by atoms with Gasteiger partial charge in [0.05, 0.1) is 15.2 Å². The first kappa shape index (κ1) is 39.8. The highest BCUT2D eigenvalue weighted by atomic mass is 32.2. The minimum Gasteiger partial charge on any atom is -0.218 e. The van der Waals surface area contributed by atoms with Crippen LogP contribution in [0.15, 0.2) is 246 Å². The zero-order chi connectivity index (χ0) is 45.4. The molecular weight excluding hydrogens is 851 g/mol. The van der Waals surface area contributed by atoms with E-state index in [0.717, 1.165) is 77.7 Å². The molecule has 0 saturated heterocycles. The van der Waals surface area contributed by atoms with Gasteiger partial charge in [-0.3, -0.25) is 0 Å². The van der Waals surface area contributed by atoms with E-state index in [2.05, 4.69) is 133 Å². The second-order valence-electron chi connectivity index (χ2n) is 17.5. The van der Waals surface area contributed by atoms with E-state index in [9.17, 15) is 0 Å². The molecule has 1 unspecified atom stereocenters. The molecule has 2 aliphatic rings. The Kier molecular flexibility index (Phi) is 9.07. The topological polar surface area (TPSA) is 72.8 Å². The Hall–Kier alpha value is -8.58. The van der Waals surface area contributed by atoms with Crippen molar-refractivity contribution in [3.63, 3.8) is 0 Å². The maximum Gasteiger partial charge on any atom is 0.207 e. The van der Waals surface area contributed by atoms with Crippen LogP contribution in [0.1, 0.15) is 22.3 Å². The van der Waals surface area contributed by atoms with Gasteiger partial charge in [0.2, 0.25) is 9.84 Å². The summed E-state index contributed by atoms with van der Waals surface area (Å²) in [4.78, 5) is 16.5. The third-order valence-corrected chi connectivity index (χ3v) is 15.7. The van der Waals surface area contributed by atoms with Crippen LogP contribution in [0.4, 0.5) is 0 Å². The number of benzene rings is 10. The third kappa shape index (κ3) is 6.08. The molecule has 6 heteroatoms. The van der Waals surface area contributed by atoms with Gasteiger partial charge in [-0.05, 0) is 96.4 Å². The molecule has 1 aliphatic carbocycles. The number of rotatable bonds is 5. The first-order chi connectivity index (χ1) is 33.5. The van der Waals surface area contributed by atoms with Crippen molar-refractivity contribution >= 4 is 20.6 Å². The highest BCUT2D eigenvalue weighted by Gasteiger charge is 2.52. The zero-order valence-electron chi connectivity index (χ0n) is 36.6. The fourth-order valence-corrected chi connectivity index (χ4v) is 12.7. The summed E-state index contributed by atoms with van der Waals surface area (Å²) >= 11 is 0. The van der Waals surface area contributed by atoms with Crippen molar-refractivity contribution in [2.45, 2.75) is 15.2 Å². The quantitative estimate of drug-likeness (QED) is 0.172. The average Bonchev–Trinajstić information content (AvgIpc) is 3.51. The number of hydrogen-bond donors (Lipinski definition) is 0. The molecule has 0 bridgehead atoms. The summed E-state index contributed by atoms with van der Waals surface area (Å²) in [5.74, 6) is 1.58. The highest BCUT2D eigenvalue weighted by Crippen LogP contribution is 2.60. The van der Waals surface area contributed by atoms with E-state index in [-0.39, 0.29) is 0 Å². The Balaban J connectivity index is 1.12. The summed E-state index contributed by atoms with van der Waals surface area (Å²) in [5.41, 5.74) is 13.2. The Bertz CT molecular complexity index is 3840. The molecule has 1 atom stereocenters. The van der Waals surface area contributed by atoms with E-state index < -0.39 is 15.3 Å². The van der Waals surface area contributed by atoms with Crippen LogP contribution in [0.2, 0.25) is 0 Å². The lowest BCUT2D eigenvalue weighted by atomic mass is 9.62. The van der Waals surface area contributed by atoms with Gasteiger partial charge in [0.25, 0.3) is 0 Å². The molecule has 5 nitrogen and oxygen atoms in total. The van der Waals surface area contributed by atoms with Crippen LogP contribution in [-0.2, 0) is 15.3 Å². The van der Waals surface area contributed by atoms with Gasteiger partial charge in [0.1, 0.15) is 0 Å². The van der Waals surface area contributed by atoms with Gasteiger partial charge in [-0.2, -0.15) is 0 Å². The lowest BCUT2D eigenvalue weighted by Crippen LogP contribution is -2.38. The number of fused-ring (bicyclic) bond motifs is 13. The molecule has 0 fully saturated rings. The minimum atomic E-state index is -4.00. The van der Waals surface area contributed by atoms with Crippen LogP contribution in [0.5, 0.6) is 0 Å². The molecule has 0 radical (unpaired) electrons. The lowest BCUT2D eigenvalue weighted by Gasteiger charge is -2.43. The molecule has 11 aromatic rings. The number of aromatic nitrogens is 3. The third-order valence-electron chi connectivity index (χ3n) is 13.7. The van der Waals surface area contributed by atoms with Crippen LogP contribution in [0.3, 0.4) is 0 Å². The predicted octanol–water partition coefficient (Wildman–Crippen LogP) is 14.5. The van der Waals surface area contributed by atoms with Crippen LogP contribution in [0.25, 0.3) is 89.4 Å². The lowest BCUT2D eigenvalue weighted by molar-refractivity contribution is 0.581. The molecule has 68 heavy (non-hydrogen) atoms. The zero-order valence-corrected chi connectivity index (χ0v) is 37.4. The Morgan fingerprint density at radius 1 is 0.309 bits per heavy atom. The average molecular weight is 890 g/mol. The SMILES string of the molecule is O=S1(=O)c2ccccc2C2(c3ccccc3-c3ccccc3-c3ccc(-c4nc(-c5cccc(-c6ccccc6)c5)nc(-c5cccc(-c6ccccc6)c5)n4)cc32)c2ccc3ccccc3c21. The van der Waals surface area contributed by atoms with Gasteiger partial charge in [-0.1, -0.05) is 212 Å². The normalized spacial score (nSPS) is 15.1. The number of hydrogen-bond acceptors (Lipinski definition) is 5. The van der Waals surface area contributed by atoms with Crippen LogP contribution in [0, 0.1) is 0 Å². The number of sulfone groups is 1. The molecule has 320 valence electrons. The van der Waals surface area contributed by atoms with E-state index >= 15 is 8.42 Å². The number of nitrogens with zero attached hydrogens (tertiary/aromatic N) is 3. The molecule has 1 spiro atoms. The fraction of sp³-hybridized carbons (Fsp3) is 0.0161. The van der Waals surface area contributed by atoms with Crippen molar-refractivity contribution < 1.29 is 8.42 Å². The van der Waals surface area contributed by atoms with Gasteiger partial charge in [0.15, 0.2) is 17.5 Å². The fourth-order valence-electron chi connectivity index (χ4n) is 10.7. The van der Waals surface area contributed by atoms with Crippen molar-refractivity contribution in [3.8, 4) is 78.7 Å². The standard InChI is InChI=1S/C62H39N3O2S/c66-68(67)57-32-14-13-31-54(57)62(55-36-34-42-21-7-8-26-48(42)58(55)68)53-30-12-11-29-51(53)49-27-9-10-28-50(49)52-35-33-47(39-56(52)62)61-64-59(45-24-15-22-43(37-45)40-17-3-1-4-18-40)63-60(65-61)46-25-16-23-44(38-46)41-19-5-2-6-20-41/h1-39H. The van der Waals surface area contributed by atoms with Gasteiger partial charge in [-0.25, -0.2) is 23.4 Å². The maximum atomic E-state index is 15.3. The van der Waals surface area contributed by atoms with Gasteiger partial charge in [0, 0.05) is 22.1 Å². The minimum absolute atomic E-state index is 0.294. The van der Waals surface area contributed by atoms with Crippen LogP contribution in [-0.4, -0.2) is 23.4 Å². The molecule has 10 aromatic carbocycles. The summed E-state index contributed by atoms with van der Waals surface area (Å²) in [6.45, 7) is 0. The molecule has 1 aliphatic heterocycles. The van der Waals surface area contributed by atoms with Gasteiger partial charge >= 0.3 is 0 Å². The summed E-state index contributed by atoms with van der Waals surface area (Å²) in [6.07, 6.45) is 0. The monoisotopic (exact) mass is 889 g/mol. The van der Waals surface area contributed by atoms with Crippen molar-refractivity contribution in [1.82, 2.24) is 15.0 Å². The van der Waals surface area contributed by atoms with E-state index in [0.29, 0.717) is 43.8 Å². The Morgan fingerprint density at radius 2 is 0.779 bits per heavy atom. The molecule has 0 N–H and O–H groups in total. The Morgan fingerprint density at radius 3 is 1.41 bits per heavy atom. The largest absolute Gasteiger partial charge is 0.218 e. The predicted molar refractivity (Wildman–Crippen MR) is 273 cm³/mol. The molecule has 0 saturated carbocycles. The van der Waals surface area contributed by atoms with E-state index in [1.165, 1.54) is 0 Å². The van der Waals surface area contributed by atoms with Crippen LogP contribution < -0.4 is 0 Å². The molecule has 1 aromatic heterocycles. The molecule has 13 rings (SSSR count). The summed E-state index contributed by atoms with van der Waals surface area (Å²) in [5, 5.41) is 1.56. The van der Waals surface area contributed by atoms with E-state index in [4.69, 9.17) is 15.0 Å². The van der Waals surface area contributed by atoms with Crippen molar-refractivity contribution in [2.24, 2.45) is 0 Å². The van der Waals surface area contributed by atoms with Gasteiger partial charge < -0.3 is 0 Å². The molecule has 0 amide bonds. The smallest absolute Gasteiger partial charge is 0.207 e. The van der Waals surface area contributed by atoms with Crippen LogP contribution >= 0.6 is 0 Å². The maximum absolute atomic E-state index is 15.3. The van der Waals surface area contributed by atoms with Crippen molar-refractivity contribution in [3.05, 3.63) is 259 Å². The second kappa shape index (κ2) is 15.5. The summed E-state index contributed by atoms with van der Waals surface area (Å²) in [6, 6.07) is 80.4. The van der Waals surface area contributed by atoms with E-state index in [1.807, 2.05) is 97.1 Å². The molecular formula is C62H39N3O2S. The first-order valence-corrected chi connectivity index (χ1v) is 24.2. The summed E-state index contributed by atoms with van der Waals surface area (Å²) < 4.78 is 30.6. The first-order valence-electron chi connectivity index (χ1n) is 22.8. The van der Waals surface area contributed by atoms with Crippen molar-refractivity contribution in [1.29, 1.82) is 0 Å². The van der Waals surface area contributed by atoms with Gasteiger partial charge in [-0.15, -0.1) is 0 Å². The highest BCUT2D eigenvalue weighted by molar-refractivity contribution is 7.92. The molecule has 2 heterocycles. The van der Waals surface area contributed by atoms with Crippen molar-refractivity contribution in [2.75, 3.05) is 0 Å². The van der Waals surface area contributed by atoms with E-state index in [1.54, 1.807) is 6.07 Å². The summed E-state index contributed by atoms with van der Waals surface area (Å²) in [7, 11) is -4.00.